The molecule has 7 heteroatoms. The molecule has 3 aromatic rings. The first-order chi connectivity index (χ1) is 16.0. The van der Waals surface area contributed by atoms with Gasteiger partial charge in [0.05, 0.1) is 11.6 Å². The van der Waals surface area contributed by atoms with E-state index < -0.39 is 0 Å². The van der Waals surface area contributed by atoms with Crippen molar-refractivity contribution in [3.05, 3.63) is 89.5 Å². The Kier molecular flexibility index (Phi) is 7.44. The van der Waals surface area contributed by atoms with Crippen LogP contribution in [-0.2, 0) is 4.79 Å². The number of nitrogens with one attached hydrogen (secondary N) is 2. The highest BCUT2D eigenvalue weighted by Crippen LogP contribution is 2.26. The van der Waals surface area contributed by atoms with E-state index in [0.717, 1.165) is 41.1 Å². The molecule has 170 valence electrons. The molecule has 0 saturated carbocycles. The lowest BCUT2D eigenvalue weighted by Gasteiger charge is -2.23. The van der Waals surface area contributed by atoms with Gasteiger partial charge >= 0.3 is 0 Å². The maximum Gasteiger partial charge on any atom is 0.233 e. The van der Waals surface area contributed by atoms with Crippen molar-refractivity contribution in [3.8, 4) is 0 Å². The van der Waals surface area contributed by atoms with Gasteiger partial charge in [-0.05, 0) is 73.8 Å². The Labute approximate surface area is 199 Å². The predicted molar refractivity (Wildman–Crippen MR) is 137 cm³/mol. The zero-order chi connectivity index (χ0) is 23.2. The van der Waals surface area contributed by atoms with Crippen LogP contribution in [0.15, 0.2) is 77.7 Å². The normalized spacial score (nSPS) is 14.7. The van der Waals surface area contributed by atoms with Crippen molar-refractivity contribution < 1.29 is 4.79 Å². The summed E-state index contributed by atoms with van der Waals surface area (Å²) in [5.41, 5.74) is 9.89. The molecule has 0 spiro atoms. The fraction of sp³-hybridized carbons (Fsp3) is 0.231. The molecule has 1 atom stereocenters. The number of hydrogen-bond acceptors (Lipinski definition) is 6. The molecule has 1 saturated heterocycles. The van der Waals surface area contributed by atoms with Gasteiger partial charge in [0.15, 0.2) is 0 Å². The Morgan fingerprint density at radius 1 is 1.03 bits per heavy atom. The lowest BCUT2D eigenvalue weighted by Crippen LogP contribution is -2.33. The second kappa shape index (κ2) is 10.7. The average molecular weight is 460 g/mol. The molecule has 3 aromatic carbocycles. The first-order valence-electron chi connectivity index (χ1n) is 11.1. The first kappa shape index (κ1) is 23.0. The maximum absolute atomic E-state index is 13.4. The molecule has 1 aliphatic rings. The van der Waals surface area contributed by atoms with E-state index >= 15 is 0 Å². The molecular formula is C26H29N5OS. The number of anilines is 2. The van der Waals surface area contributed by atoms with Gasteiger partial charge in [0.25, 0.3) is 0 Å². The number of nitrogens with two attached hydrogens (primary N) is 2. The zero-order valence-corrected chi connectivity index (χ0v) is 19.3. The Bertz CT molecular complexity index is 1130. The number of likely N-dealkylation sites (tertiary alicyclic amines) is 1. The molecular weight excluding hydrogens is 430 g/mol. The molecule has 4 rings (SSSR count). The Morgan fingerprint density at radius 3 is 2.52 bits per heavy atom. The second-order valence-electron chi connectivity index (χ2n) is 8.28. The van der Waals surface area contributed by atoms with E-state index in [1.54, 1.807) is 18.2 Å². The lowest BCUT2D eigenvalue weighted by atomic mass is 9.97. The van der Waals surface area contributed by atoms with Crippen LogP contribution in [0.5, 0.6) is 0 Å². The van der Waals surface area contributed by atoms with Crippen LogP contribution < -0.4 is 16.2 Å². The third-order valence-corrected chi connectivity index (χ3v) is 6.53. The first-order valence-corrected chi connectivity index (χ1v) is 12.0. The predicted octanol–water partition coefficient (Wildman–Crippen LogP) is 4.47. The number of carbonyl (C=O) groups excluding carboxylic acids is 1. The summed E-state index contributed by atoms with van der Waals surface area (Å²) in [7, 11) is 0. The van der Waals surface area contributed by atoms with Gasteiger partial charge in [0.2, 0.25) is 5.91 Å². The number of amides is 1. The van der Waals surface area contributed by atoms with Crippen molar-refractivity contribution in [1.29, 1.82) is 5.41 Å². The van der Waals surface area contributed by atoms with Crippen LogP contribution in [0.4, 0.5) is 11.4 Å². The van der Waals surface area contributed by atoms with Crippen molar-refractivity contribution in [1.82, 2.24) is 4.90 Å². The lowest BCUT2D eigenvalue weighted by molar-refractivity contribution is -0.118. The number of nitrogens with zero attached hydrogens (tertiary/aromatic N) is 1. The summed E-state index contributed by atoms with van der Waals surface area (Å²) in [6.45, 7) is 2.75. The van der Waals surface area contributed by atoms with Gasteiger partial charge in [-0.25, -0.2) is 0 Å². The number of rotatable bonds is 8. The van der Waals surface area contributed by atoms with Crippen LogP contribution in [0.2, 0.25) is 0 Å². The minimum absolute atomic E-state index is 0.0584. The van der Waals surface area contributed by atoms with E-state index in [1.165, 1.54) is 12.8 Å². The highest BCUT2D eigenvalue weighted by Gasteiger charge is 2.25. The molecule has 1 fully saturated rings. The zero-order valence-electron chi connectivity index (χ0n) is 18.5. The molecule has 1 amide bonds. The summed E-state index contributed by atoms with van der Waals surface area (Å²) in [5.74, 6) is -0.333. The summed E-state index contributed by atoms with van der Waals surface area (Å²) < 4.78 is 0. The summed E-state index contributed by atoms with van der Waals surface area (Å²) in [5, 5.41) is 17.4. The van der Waals surface area contributed by atoms with E-state index in [4.69, 9.17) is 16.3 Å². The summed E-state index contributed by atoms with van der Waals surface area (Å²) in [6.07, 6.45) is 2.35. The minimum atomic E-state index is -0.275. The third kappa shape index (κ3) is 5.63. The van der Waals surface area contributed by atoms with Crippen LogP contribution in [0, 0.1) is 5.41 Å². The highest BCUT2D eigenvalue weighted by molar-refractivity contribution is 7.97. The SMILES string of the molecule is N=C(c1cccc(SN)c1)c1cc(NC(=O)C(CN2CCCC2)c2ccccc2)ccc1N. The van der Waals surface area contributed by atoms with Crippen LogP contribution in [0.1, 0.15) is 35.4 Å². The topological polar surface area (TPSA) is 108 Å². The molecule has 0 aromatic heterocycles. The van der Waals surface area contributed by atoms with Gasteiger partial charge in [-0.1, -0.05) is 42.5 Å². The van der Waals surface area contributed by atoms with E-state index in [2.05, 4.69) is 10.2 Å². The number of hydrogen-bond donors (Lipinski definition) is 4. The Balaban J connectivity index is 1.57. The van der Waals surface area contributed by atoms with Gasteiger partial charge in [0.1, 0.15) is 0 Å². The molecule has 6 N–H and O–H groups in total. The van der Waals surface area contributed by atoms with E-state index in [0.29, 0.717) is 23.5 Å². The standard InChI is InChI=1S/C26H29N5OS/c27-24-12-11-20(16-22(24)25(28)19-9-6-10-21(15-19)33-29)30-26(32)23(17-31-13-4-5-14-31)18-7-2-1-3-8-18/h1-3,6-12,15-16,23,28H,4-5,13-14,17,27,29H2,(H,30,32). The molecule has 0 radical (unpaired) electrons. The van der Waals surface area contributed by atoms with E-state index in [9.17, 15) is 4.79 Å². The average Bonchev–Trinajstić information content (AvgIpc) is 3.37. The highest BCUT2D eigenvalue weighted by atomic mass is 32.2. The third-order valence-electron chi connectivity index (χ3n) is 6.01. The quantitative estimate of drug-likeness (QED) is 0.226. The Morgan fingerprint density at radius 2 is 1.79 bits per heavy atom. The van der Waals surface area contributed by atoms with Gasteiger partial charge < -0.3 is 16.0 Å². The van der Waals surface area contributed by atoms with Gasteiger partial charge in [-0.3, -0.25) is 15.3 Å². The maximum atomic E-state index is 13.4. The molecule has 1 unspecified atom stereocenters. The smallest absolute Gasteiger partial charge is 0.233 e. The number of carbonyl (C=O) groups is 1. The number of benzene rings is 3. The second-order valence-corrected chi connectivity index (χ2v) is 8.99. The number of nitrogen functional groups attached to an aromatic ring is 1. The largest absolute Gasteiger partial charge is 0.398 e. The minimum Gasteiger partial charge on any atom is -0.398 e. The van der Waals surface area contributed by atoms with Crippen molar-refractivity contribution in [2.75, 3.05) is 30.7 Å². The summed E-state index contributed by atoms with van der Waals surface area (Å²) in [4.78, 5) is 16.6. The monoisotopic (exact) mass is 459 g/mol. The molecule has 0 aliphatic carbocycles. The van der Waals surface area contributed by atoms with Gasteiger partial charge in [0, 0.05) is 33.9 Å². The van der Waals surface area contributed by atoms with Crippen LogP contribution >= 0.6 is 11.9 Å². The van der Waals surface area contributed by atoms with Crippen molar-refractivity contribution in [2.45, 2.75) is 23.7 Å². The molecule has 0 bridgehead atoms. The van der Waals surface area contributed by atoms with Gasteiger partial charge in [-0.15, -0.1) is 0 Å². The summed E-state index contributed by atoms with van der Waals surface area (Å²) in [6, 6.07) is 22.7. The fourth-order valence-corrected chi connectivity index (χ4v) is 4.56. The fourth-order valence-electron chi connectivity index (χ4n) is 4.21. The van der Waals surface area contributed by atoms with E-state index in [1.807, 2.05) is 54.6 Å². The molecule has 33 heavy (non-hydrogen) atoms. The van der Waals surface area contributed by atoms with Crippen LogP contribution in [0.3, 0.4) is 0 Å². The Hall–Kier alpha value is -3.13. The summed E-state index contributed by atoms with van der Waals surface area (Å²) >= 11 is 1.14. The van der Waals surface area contributed by atoms with Gasteiger partial charge in [-0.2, -0.15) is 0 Å². The molecule has 6 nitrogen and oxygen atoms in total. The van der Waals surface area contributed by atoms with E-state index in [-0.39, 0.29) is 17.5 Å². The van der Waals surface area contributed by atoms with Crippen molar-refractivity contribution >= 4 is 34.9 Å². The van der Waals surface area contributed by atoms with Crippen molar-refractivity contribution in [2.24, 2.45) is 5.14 Å². The van der Waals surface area contributed by atoms with Crippen LogP contribution in [-0.4, -0.2) is 36.2 Å². The van der Waals surface area contributed by atoms with Crippen molar-refractivity contribution in [3.63, 3.8) is 0 Å². The molecule has 1 heterocycles. The molecule has 1 aliphatic heterocycles. The van der Waals surface area contributed by atoms with Crippen LogP contribution in [0.25, 0.3) is 0 Å².